The number of aryl methyl sites for hydroxylation is 1. The molecule has 0 aliphatic carbocycles. The Morgan fingerprint density at radius 3 is 2.76 bits per heavy atom. The second kappa shape index (κ2) is 6.71. The van der Waals surface area contributed by atoms with E-state index in [9.17, 15) is 8.78 Å². The highest BCUT2D eigenvalue weighted by molar-refractivity contribution is 5.19. The molecule has 0 unspecified atom stereocenters. The van der Waals surface area contributed by atoms with E-state index in [1.54, 1.807) is 11.9 Å². The van der Waals surface area contributed by atoms with Crippen molar-refractivity contribution in [3.8, 4) is 0 Å². The highest BCUT2D eigenvalue weighted by Gasteiger charge is 2.12. The van der Waals surface area contributed by atoms with Gasteiger partial charge in [0.1, 0.15) is 11.5 Å². The molecule has 1 aromatic rings. The van der Waals surface area contributed by atoms with Crippen molar-refractivity contribution < 1.29 is 13.2 Å². The number of furan rings is 1. The average molecular weight is 246 g/mol. The summed E-state index contributed by atoms with van der Waals surface area (Å²) >= 11 is 0. The molecule has 1 heterocycles. The van der Waals surface area contributed by atoms with Crippen molar-refractivity contribution in [2.24, 2.45) is 0 Å². The Kier molecular flexibility index (Phi) is 5.58. The van der Waals surface area contributed by atoms with Crippen LogP contribution < -0.4 is 5.32 Å². The Morgan fingerprint density at radius 2 is 2.18 bits per heavy atom. The van der Waals surface area contributed by atoms with Gasteiger partial charge >= 0.3 is 0 Å². The maximum atomic E-state index is 12.2. The summed E-state index contributed by atoms with van der Waals surface area (Å²) in [4.78, 5) is 1.56. The molecular formula is C12H20F2N2O. The smallest absolute Gasteiger partial charge is 0.251 e. The zero-order chi connectivity index (χ0) is 12.8. The first-order valence-corrected chi connectivity index (χ1v) is 5.78. The minimum absolute atomic E-state index is 0.234. The molecule has 3 nitrogen and oxygen atoms in total. The molecule has 5 heteroatoms. The highest BCUT2D eigenvalue weighted by atomic mass is 19.3. The summed E-state index contributed by atoms with van der Waals surface area (Å²) in [5.74, 6) is 1.62. The monoisotopic (exact) mass is 246 g/mol. The molecule has 0 aromatic carbocycles. The van der Waals surface area contributed by atoms with Gasteiger partial charge in [-0.1, -0.05) is 6.92 Å². The van der Waals surface area contributed by atoms with Gasteiger partial charge in [0.05, 0.1) is 19.6 Å². The van der Waals surface area contributed by atoms with Gasteiger partial charge in [0.2, 0.25) is 0 Å². The topological polar surface area (TPSA) is 28.4 Å². The van der Waals surface area contributed by atoms with Gasteiger partial charge in [0.15, 0.2) is 0 Å². The van der Waals surface area contributed by atoms with Crippen molar-refractivity contribution in [2.75, 3.05) is 20.1 Å². The van der Waals surface area contributed by atoms with Gasteiger partial charge in [0.25, 0.3) is 6.43 Å². The van der Waals surface area contributed by atoms with E-state index in [1.807, 2.05) is 19.9 Å². The molecule has 0 atom stereocenters. The summed E-state index contributed by atoms with van der Waals surface area (Å²) in [7, 11) is 1.66. The number of hydrogen-bond donors (Lipinski definition) is 1. The molecule has 0 amide bonds. The molecular weight excluding hydrogens is 226 g/mol. The van der Waals surface area contributed by atoms with Crippen molar-refractivity contribution in [3.05, 3.63) is 23.2 Å². The molecule has 98 valence electrons. The lowest BCUT2D eigenvalue weighted by atomic mass is 10.2. The number of rotatable bonds is 7. The van der Waals surface area contributed by atoms with E-state index in [1.165, 1.54) is 0 Å². The second-order valence-corrected chi connectivity index (χ2v) is 4.19. The molecule has 0 saturated carbocycles. The molecule has 0 fully saturated rings. The summed E-state index contributed by atoms with van der Waals surface area (Å²) in [5.41, 5.74) is 1.06. The van der Waals surface area contributed by atoms with Crippen LogP contribution >= 0.6 is 0 Å². The third kappa shape index (κ3) is 4.83. The molecule has 0 aliphatic rings. The molecule has 0 spiro atoms. The Bertz CT molecular complexity index is 339. The highest BCUT2D eigenvalue weighted by Crippen LogP contribution is 2.16. The van der Waals surface area contributed by atoms with Crippen molar-refractivity contribution in [2.45, 2.75) is 33.4 Å². The Balaban J connectivity index is 2.54. The zero-order valence-electron chi connectivity index (χ0n) is 10.6. The van der Waals surface area contributed by atoms with Gasteiger partial charge < -0.3 is 9.73 Å². The molecule has 1 rings (SSSR count). The number of alkyl halides is 2. The fourth-order valence-electron chi connectivity index (χ4n) is 1.65. The summed E-state index contributed by atoms with van der Waals surface area (Å²) in [6, 6.07) is 1.91. The molecule has 17 heavy (non-hydrogen) atoms. The van der Waals surface area contributed by atoms with Crippen LogP contribution in [-0.4, -0.2) is 31.5 Å². The molecule has 1 aromatic heterocycles. The van der Waals surface area contributed by atoms with Gasteiger partial charge in [-0.05, 0) is 32.1 Å². The molecule has 0 saturated heterocycles. The van der Waals surface area contributed by atoms with Crippen LogP contribution in [0, 0.1) is 6.92 Å². The second-order valence-electron chi connectivity index (χ2n) is 4.19. The summed E-state index contributed by atoms with van der Waals surface area (Å²) < 4.78 is 29.9. The maximum absolute atomic E-state index is 12.2. The van der Waals surface area contributed by atoms with Crippen LogP contribution in [0.3, 0.4) is 0 Å². The standard InChI is InChI=1S/C12H20F2N2O/c1-4-15-6-11-9(2)5-10(17-11)7-16(3)8-12(13)14/h5,12,15H,4,6-8H2,1-3H3. The van der Waals surface area contributed by atoms with Gasteiger partial charge in [-0.3, -0.25) is 4.90 Å². The number of hydrogen-bond acceptors (Lipinski definition) is 3. The fourth-order valence-corrected chi connectivity index (χ4v) is 1.65. The number of nitrogens with zero attached hydrogens (tertiary/aromatic N) is 1. The summed E-state index contributed by atoms with van der Waals surface area (Å²) in [6.07, 6.45) is -2.31. The van der Waals surface area contributed by atoms with Crippen LogP contribution in [0.4, 0.5) is 8.78 Å². The van der Waals surface area contributed by atoms with Gasteiger partial charge in [0, 0.05) is 0 Å². The lowest BCUT2D eigenvalue weighted by Gasteiger charge is -2.13. The van der Waals surface area contributed by atoms with E-state index < -0.39 is 6.43 Å². The van der Waals surface area contributed by atoms with Gasteiger partial charge in [-0.2, -0.15) is 0 Å². The normalized spacial score (nSPS) is 11.7. The van der Waals surface area contributed by atoms with Crippen LogP contribution in [0.25, 0.3) is 0 Å². The lowest BCUT2D eigenvalue weighted by molar-refractivity contribution is 0.0944. The SMILES string of the molecule is CCNCc1oc(CN(C)CC(F)F)cc1C. The van der Waals surface area contributed by atoms with E-state index >= 15 is 0 Å². The first-order valence-electron chi connectivity index (χ1n) is 5.78. The first-order chi connectivity index (χ1) is 8.02. The van der Waals surface area contributed by atoms with Crippen molar-refractivity contribution in [1.29, 1.82) is 0 Å². The van der Waals surface area contributed by atoms with Crippen LogP contribution in [0.5, 0.6) is 0 Å². The average Bonchev–Trinajstić information content (AvgIpc) is 2.54. The predicted molar refractivity (Wildman–Crippen MR) is 63.2 cm³/mol. The van der Waals surface area contributed by atoms with Crippen LogP contribution in [0.15, 0.2) is 10.5 Å². The van der Waals surface area contributed by atoms with Gasteiger partial charge in [-0.25, -0.2) is 8.78 Å². The fraction of sp³-hybridized carbons (Fsp3) is 0.667. The van der Waals surface area contributed by atoms with Crippen molar-refractivity contribution >= 4 is 0 Å². The minimum atomic E-state index is -2.31. The van der Waals surface area contributed by atoms with E-state index in [0.717, 1.165) is 23.6 Å². The largest absolute Gasteiger partial charge is 0.463 e. The first kappa shape index (κ1) is 14.1. The summed E-state index contributed by atoms with van der Waals surface area (Å²) in [5, 5.41) is 3.18. The van der Waals surface area contributed by atoms with E-state index in [4.69, 9.17) is 4.42 Å². The molecule has 0 radical (unpaired) electrons. The van der Waals surface area contributed by atoms with E-state index in [-0.39, 0.29) is 6.54 Å². The Labute approximate surface area is 101 Å². The third-order valence-electron chi connectivity index (χ3n) is 2.48. The Morgan fingerprint density at radius 1 is 1.47 bits per heavy atom. The molecule has 1 N–H and O–H groups in total. The number of nitrogens with one attached hydrogen (secondary N) is 1. The molecule has 0 bridgehead atoms. The summed E-state index contributed by atoms with van der Waals surface area (Å²) in [6.45, 7) is 5.73. The minimum Gasteiger partial charge on any atom is -0.463 e. The van der Waals surface area contributed by atoms with E-state index in [2.05, 4.69) is 5.32 Å². The zero-order valence-corrected chi connectivity index (χ0v) is 10.6. The van der Waals surface area contributed by atoms with Crippen molar-refractivity contribution in [3.63, 3.8) is 0 Å². The predicted octanol–water partition coefficient (Wildman–Crippen LogP) is 2.39. The quantitative estimate of drug-likeness (QED) is 0.800. The third-order valence-corrected chi connectivity index (χ3v) is 2.48. The van der Waals surface area contributed by atoms with Crippen LogP contribution in [0.2, 0.25) is 0 Å². The van der Waals surface area contributed by atoms with Crippen LogP contribution in [0.1, 0.15) is 24.0 Å². The van der Waals surface area contributed by atoms with E-state index in [0.29, 0.717) is 13.1 Å². The van der Waals surface area contributed by atoms with Crippen molar-refractivity contribution in [1.82, 2.24) is 10.2 Å². The maximum Gasteiger partial charge on any atom is 0.251 e. The van der Waals surface area contributed by atoms with Gasteiger partial charge in [-0.15, -0.1) is 0 Å². The lowest BCUT2D eigenvalue weighted by Crippen LogP contribution is -2.23. The number of halogens is 2. The Hall–Kier alpha value is -0.940. The molecule has 0 aliphatic heterocycles. The van der Waals surface area contributed by atoms with Crippen LogP contribution in [-0.2, 0) is 13.1 Å².